The second-order valence-corrected chi connectivity index (χ2v) is 5.61. The van der Waals surface area contributed by atoms with E-state index in [0.717, 1.165) is 43.8 Å². The molecule has 0 atom stereocenters. The van der Waals surface area contributed by atoms with Crippen molar-refractivity contribution >= 4 is 16.7 Å². The predicted octanol–water partition coefficient (Wildman–Crippen LogP) is 3.31. The second-order valence-electron chi connectivity index (χ2n) is 5.61. The van der Waals surface area contributed by atoms with Crippen molar-refractivity contribution in [1.29, 1.82) is 0 Å². The van der Waals surface area contributed by atoms with E-state index >= 15 is 0 Å². The fraction of sp³-hybridized carbons (Fsp3) is 0.562. The number of hydrogen-bond donors (Lipinski definition) is 1. The zero-order valence-corrected chi connectivity index (χ0v) is 12.1. The van der Waals surface area contributed by atoms with Crippen LogP contribution in [0.4, 0.5) is 5.69 Å². The number of nitrogen functional groups attached to an aromatic ring is 1. The molecule has 1 aromatic heterocycles. The monoisotopic (exact) mass is 273 g/mol. The molecular formula is C16H23N3O. The SMILES string of the molecule is CCCOCCCn1c(C2CC2)nc2cc(N)ccc21. The van der Waals surface area contributed by atoms with Crippen LogP contribution in [0.25, 0.3) is 11.0 Å². The first-order valence-electron chi connectivity index (χ1n) is 7.63. The van der Waals surface area contributed by atoms with Crippen molar-refractivity contribution in [3.8, 4) is 0 Å². The van der Waals surface area contributed by atoms with Crippen LogP contribution in [-0.4, -0.2) is 22.8 Å². The van der Waals surface area contributed by atoms with Crippen LogP contribution in [0.2, 0.25) is 0 Å². The molecule has 2 aromatic rings. The van der Waals surface area contributed by atoms with Gasteiger partial charge in [-0.2, -0.15) is 0 Å². The maximum absolute atomic E-state index is 5.86. The van der Waals surface area contributed by atoms with Crippen LogP contribution in [0.3, 0.4) is 0 Å². The minimum Gasteiger partial charge on any atom is -0.399 e. The molecule has 1 saturated carbocycles. The standard InChI is InChI=1S/C16H23N3O/c1-2-9-20-10-3-8-19-15-7-6-13(17)11-14(15)18-16(19)12-4-5-12/h6-7,11-12H,2-5,8-10,17H2,1H3. The van der Waals surface area contributed by atoms with Crippen LogP contribution in [0.5, 0.6) is 0 Å². The number of fused-ring (bicyclic) bond motifs is 1. The summed E-state index contributed by atoms with van der Waals surface area (Å²) in [5, 5.41) is 0. The Bertz CT molecular complexity index is 587. The van der Waals surface area contributed by atoms with E-state index in [1.165, 1.54) is 24.2 Å². The summed E-state index contributed by atoms with van der Waals surface area (Å²) < 4.78 is 7.94. The third-order valence-electron chi connectivity index (χ3n) is 3.76. The molecular weight excluding hydrogens is 250 g/mol. The van der Waals surface area contributed by atoms with Gasteiger partial charge in [-0.1, -0.05) is 6.92 Å². The zero-order chi connectivity index (χ0) is 13.9. The molecule has 0 bridgehead atoms. The Morgan fingerprint density at radius 2 is 2.20 bits per heavy atom. The zero-order valence-electron chi connectivity index (χ0n) is 12.1. The fourth-order valence-corrected chi connectivity index (χ4v) is 2.62. The number of ether oxygens (including phenoxy) is 1. The van der Waals surface area contributed by atoms with Crippen molar-refractivity contribution in [3.63, 3.8) is 0 Å². The Morgan fingerprint density at radius 3 is 2.95 bits per heavy atom. The lowest BCUT2D eigenvalue weighted by Gasteiger charge is -2.09. The first-order chi connectivity index (χ1) is 9.79. The number of aryl methyl sites for hydroxylation is 1. The summed E-state index contributed by atoms with van der Waals surface area (Å²) in [6.07, 6.45) is 4.66. The predicted molar refractivity (Wildman–Crippen MR) is 81.8 cm³/mol. The van der Waals surface area contributed by atoms with E-state index < -0.39 is 0 Å². The second kappa shape index (κ2) is 5.83. The summed E-state index contributed by atoms with van der Waals surface area (Å²) in [6, 6.07) is 6.03. The van der Waals surface area contributed by atoms with Gasteiger partial charge in [0, 0.05) is 31.4 Å². The normalized spacial score (nSPS) is 15.1. The highest BCUT2D eigenvalue weighted by atomic mass is 16.5. The Balaban J connectivity index is 1.78. The molecule has 1 aliphatic carbocycles. The molecule has 20 heavy (non-hydrogen) atoms. The molecule has 0 saturated heterocycles. The number of hydrogen-bond acceptors (Lipinski definition) is 3. The minimum absolute atomic E-state index is 0.653. The summed E-state index contributed by atoms with van der Waals surface area (Å²) in [5.74, 6) is 1.89. The van der Waals surface area contributed by atoms with Gasteiger partial charge in [-0.25, -0.2) is 4.98 Å². The van der Waals surface area contributed by atoms with Crippen LogP contribution in [0.1, 0.15) is 44.3 Å². The number of aromatic nitrogens is 2. The number of benzene rings is 1. The van der Waals surface area contributed by atoms with Gasteiger partial charge in [0.2, 0.25) is 0 Å². The van der Waals surface area contributed by atoms with Crippen molar-refractivity contribution < 1.29 is 4.74 Å². The van der Waals surface area contributed by atoms with Crippen molar-refractivity contribution in [2.75, 3.05) is 18.9 Å². The Kier molecular flexibility index (Phi) is 3.92. The van der Waals surface area contributed by atoms with Gasteiger partial charge >= 0.3 is 0 Å². The fourth-order valence-electron chi connectivity index (χ4n) is 2.62. The van der Waals surface area contributed by atoms with Crippen LogP contribution < -0.4 is 5.73 Å². The highest BCUT2D eigenvalue weighted by Crippen LogP contribution is 2.40. The maximum atomic E-state index is 5.86. The van der Waals surface area contributed by atoms with Crippen molar-refractivity contribution in [3.05, 3.63) is 24.0 Å². The Labute approximate surface area is 119 Å². The quantitative estimate of drug-likeness (QED) is 0.622. The van der Waals surface area contributed by atoms with E-state index in [2.05, 4.69) is 17.6 Å². The Morgan fingerprint density at radius 1 is 1.35 bits per heavy atom. The molecule has 0 spiro atoms. The number of imidazole rings is 1. The summed E-state index contributed by atoms with van der Waals surface area (Å²) in [7, 11) is 0. The largest absolute Gasteiger partial charge is 0.399 e. The van der Waals surface area contributed by atoms with Crippen molar-refractivity contribution in [2.45, 2.75) is 45.1 Å². The molecule has 1 aromatic carbocycles. The van der Waals surface area contributed by atoms with Crippen LogP contribution in [0.15, 0.2) is 18.2 Å². The number of nitrogens with two attached hydrogens (primary N) is 1. The average molecular weight is 273 g/mol. The van der Waals surface area contributed by atoms with E-state index in [-0.39, 0.29) is 0 Å². The number of nitrogens with zero attached hydrogens (tertiary/aromatic N) is 2. The van der Waals surface area contributed by atoms with Crippen LogP contribution in [-0.2, 0) is 11.3 Å². The van der Waals surface area contributed by atoms with Gasteiger partial charge in [0.15, 0.2) is 0 Å². The molecule has 108 valence electrons. The topological polar surface area (TPSA) is 53.1 Å². The third kappa shape index (κ3) is 2.80. The molecule has 1 aliphatic rings. The highest BCUT2D eigenvalue weighted by molar-refractivity contribution is 5.79. The summed E-state index contributed by atoms with van der Waals surface area (Å²) in [4.78, 5) is 4.79. The van der Waals surface area contributed by atoms with E-state index in [1.807, 2.05) is 12.1 Å². The van der Waals surface area contributed by atoms with Gasteiger partial charge in [0.05, 0.1) is 11.0 Å². The summed E-state index contributed by atoms with van der Waals surface area (Å²) in [6.45, 7) is 4.80. The first kappa shape index (κ1) is 13.4. The molecule has 1 heterocycles. The average Bonchev–Trinajstić information content (AvgIpc) is 3.22. The van der Waals surface area contributed by atoms with E-state index in [4.69, 9.17) is 15.5 Å². The van der Waals surface area contributed by atoms with E-state index in [9.17, 15) is 0 Å². The van der Waals surface area contributed by atoms with Crippen molar-refractivity contribution in [1.82, 2.24) is 9.55 Å². The van der Waals surface area contributed by atoms with Gasteiger partial charge in [0.25, 0.3) is 0 Å². The lowest BCUT2D eigenvalue weighted by molar-refractivity contribution is 0.129. The smallest absolute Gasteiger partial charge is 0.112 e. The molecule has 0 radical (unpaired) electrons. The Hall–Kier alpha value is -1.55. The van der Waals surface area contributed by atoms with Gasteiger partial charge < -0.3 is 15.0 Å². The molecule has 3 rings (SSSR count). The lowest BCUT2D eigenvalue weighted by atomic mass is 10.3. The lowest BCUT2D eigenvalue weighted by Crippen LogP contribution is -2.06. The molecule has 0 amide bonds. The van der Waals surface area contributed by atoms with E-state index in [1.54, 1.807) is 0 Å². The first-order valence-corrected chi connectivity index (χ1v) is 7.63. The summed E-state index contributed by atoms with van der Waals surface area (Å²) in [5.41, 5.74) is 8.88. The van der Waals surface area contributed by atoms with Crippen LogP contribution in [0, 0.1) is 0 Å². The van der Waals surface area contributed by atoms with Gasteiger partial charge in [-0.15, -0.1) is 0 Å². The van der Waals surface area contributed by atoms with Crippen molar-refractivity contribution in [2.24, 2.45) is 0 Å². The molecule has 1 fully saturated rings. The van der Waals surface area contributed by atoms with Gasteiger partial charge in [-0.05, 0) is 43.9 Å². The molecule has 0 aliphatic heterocycles. The van der Waals surface area contributed by atoms with Crippen LogP contribution >= 0.6 is 0 Å². The summed E-state index contributed by atoms with van der Waals surface area (Å²) >= 11 is 0. The highest BCUT2D eigenvalue weighted by Gasteiger charge is 2.29. The minimum atomic E-state index is 0.653. The number of rotatable bonds is 7. The third-order valence-corrected chi connectivity index (χ3v) is 3.76. The maximum Gasteiger partial charge on any atom is 0.112 e. The molecule has 4 heteroatoms. The van der Waals surface area contributed by atoms with Gasteiger partial charge in [-0.3, -0.25) is 0 Å². The van der Waals surface area contributed by atoms with E-state index in [0.29, 0.717) is 5.92 Å². The molecule has 0 unspecified atom stereocenters. The molecule has 2 N–H and O–H groups in total. The van der Waals surface area contributed by atoms with Gasteiger partial charge in [0.1, 0.15) is 5.82 Å². The molecule has 4 nitrogen and oxygen atoms in total. The number of anilines is 1.